The van der Waals surface area contributed by atoms with Gasteiger partial charge in [-0.15, -0.1) is 0 Å². The summed E-state index contributed by atoms with van der Waals surface area (Å²) in [4.78, 5) is 5.35. The summed E-state index contributed by atoms with van der Waals surface area (Å²) in [5.41, 5.74) is 6.62. The number of rotatable bonds is 4. The third-order valence-electron chi connectivity index (χ3n) is 2.42. The maximum absolute atomic E-state index is 6.19. The number of hydrogen-bond acceptors (Lipinski definition) is 3. The predicted molar refractivity (Wildman–Crippen MR) is 71.5 cm³/mol. The van der Waals surface area contributed by atoms with E-state index in [9.17, 15) is 0 Å². The minimum atomic E-state index is 0.617. The molecule has 3 nitrogen and oxygen atoms in total. The Bertz CT molecular complexity index is 510. The van der Waals surface area contributed by atoms with Crippen LogP contribution in [0.1, 0.15) is 5.56 Å². The Morgan fingerprint density at radius 2 is 2.29 bits per heavy atom. The molecule has 0 spiro atoms. The van der Waals surface area contributed by atoms with E-state index >= 15 is 0 Å². The highest BCUT2D eigenvalue weighted by Gasteiger charge is 2.05. The zero-order valence-electron chi connectivity index (χ0n) is 9.56. The van der Waals surface area contributed by atoms with E-state index in [1.807, 2.05) is 29.9 Å². The van der Waals surface area contributed by atoms with Crippen LogP contribution in [0.4, 0.5) is 0 Å². The van der Waals surface area contributed by atoms with E-state index in [2.05, 4.69) is 11.1 Å². The number of aryl methyl sites for hydroxylation is 1. The molecular formula is C12H14ClN3S. The smallest absolute Gasteiger partial charge is 0.172 e. The Balaban J connectivity index is 2.18. The number of nitrogens with two attached hydrogens (primary N) is 1. The van der Waals surface area contributed by atoms with Crippen molar-refractivity contribution in [3.05, 3.63) is 41.2 Å². The fourth-order valence-electron chi connectivity index (χ4n) is 1.51. The minimum Gasteiger partial charge on any atom is -0.330 e. The summed E-state index contributed by atoms with van der Waals surface area (Å²) in [7, 11) is 1.97. The van der Waals surface area contributed by atoms with Crippen LogP contribution >= 0.6 is 23.4 Å². The number of aromatic nitrogens is 2. The highest BCUT2D eigenvalue weighted by atomic mass is 35.5. The first-order chi connectivity index (χ1) is 8.20. The summed E-state index contributed by atoms with van der Waals surface area (Å²) < 4.78 is 1.98. The van der Waals surface area contributed by atoms with E-state index in [1.165, 1.54) is 0 Å². The standard InChI is InChI=1S/C12H14ClN3S/c1-16-7-6-15-12(16)17-10-3-2-9(4-5-14)11(13)8-10/h2-3,6-8H,4-5,14H2,1H3. The number of benzene rings is 1. The van der Waals surface area contributed by atoms with E-state index in [-0.39, 0.29) is 0 Å². The first-order valence-corrected chi connectivity index (χ1v) is 6.54. The Morgan fingerprint density at radius 1 is 1.47 bits per heavy atom. The summed E-state index contributed by atoms with van der Waals surface area (Å²) in [5.74, 6) is 0. The van der Waals surface area contributed by atoms with Crippen LogP contribution in [-0.2, 0) is 13.5 Å². The van der Waals surface area contributed by atoms with Crippen molar-refractivity contribution in [2.45, 2.75) is 16.5 Å². The number of halogens is 1. The number of nitrogens with zero attached hydrogens (tertiary/aromatic N) is 2. The van der Waals surface area contributed by atoms with E-state index in [1.54, 1.807) is 18.0 Å². The molecule has 2 rings (SSSR count). The molecule has 0 saturated heterocycles. The maximum Gasteiger partial charge on any atom is 0.172 e. The molecule has 0 amide bonds. The average molecular weight is 268 g/mol. The van der Waals surface area contributed by atoms with E-state index in [4.69, 9.17) is 17.3 Å². The number of hydrogen-bond donors (Lipinski definition) is 1. The fourth-order valence-corrected chi connectivity index (χ4v) is 2.69. The quantitative estimate of drug-likeness (QED) is 0.926. The van der Waals surface area contributed by atoms with E-state index in [0.717, 1.165) is 27.1 Å². The third kappa shape index (κ3) is 3.03. The number of imidazole rings is 1. The first kappa shape index (κ1) is 12.5. The molecule has 1 aromatic carbocycles. The van der Waals surface area contributed by atoms with Gasteiger partial charge >= 0.3 is 0 Å². The Kier molecular flexibility index (Phi) is 4.10. The average Bonchev–Trinajstić information content (AvgIpc) is 2.69. The second kappa shape index (κ2) is 5.58. The topological polar surface area (TPSA) is 43.8 Å². The molecule has 0 fully saturated rings. The Hall–Kier alpha value is -0.970. The van der Waals surface area contributed by atoms with E-state index < -0.39 is 0 Å². The van der Waals surface area contributed by atoms with Crippen LogP contribution in [0.25, 0.3) is 0 Å². The molecule has 0 saturated carbocycles. The van der Waals surface area contributed by atoms with E-state index in [0.29, 0.717) is 6.54 Å². The maximum atomic E-state index is 6.19. The van der Waals surface area contributed by atoms with Crippen molar-refractivity contribution in [1.82, 2.24) is 9.55 Å². The van der Waals surface area contributed by atoms with Crippen molar-refractivity contribution >= 4 is 23.4 Å². The normalized spacial score (nSPS) is 10.8. The second-order valence-corrected chi connectivity index (χ2v) is 5.16. The van der Waals surface area contributed by atoms with Crippen LogP contribution in [0, 0.1) is 0 Å². The zero-order chi connectivity index (χ0) is 12.3. The van der Waals surface area contributed by atoms with Crippen LogP contribution in [-0.4, -0.2) is 16.1 Å². The van der Waals surface area contributed by atoms with Gasteiger partial charge in [0.2, 0.25) is 0 Å². The van der Waals surface area contributed by atoms with Crippen LogP contribution < -0.4 is 5.73 Å². The first-order valence-electron chi connectivity index (χ1n) is 5.34. The van der Waals surface area contributed by atoms with Gasteiger partial charge in [0.15, 0.2) is 5.16 Å². The monoisotopic (exact) mass is 267 g/mol. The van der Waals surface area contributed by atoms with Gasteiger partial charge in [-0.25, -0.2) is 4.98 Å². The summed E-state index contributed by atoms with van der Waals surface area (Å²) >= 11 is 7.79. The van der Waals surface area contributed by atoms with Gasteiger partial charge in [0.1, 0.15) is 0 Å². The van der Waals surface area contributed by atoms with Crippen LogP contribution in [0.3, 0.4) is 0 Å². The van der Waals surface area contributed by atoms with Gasteiger partial charge in [-0.1, -0.05) is 29.4 Å². The Labute approximate surface area is 110 Å². The SMILES string of the molecule is Cn1ccnc1Sc1ccc(CCN)c(Cl)c1. The van der Waals surface area contributed by atoms with Gasteiger partial charge in [0.05, 0.1) is 0 Å². The van der Waals surface area contributed by atoms with Crippen molar-refractivity contribution in [1.29, 1.82) is 0 Å². The molecule has 0 aliphatic carbocycles. The largest absolute Gasteiger partial charge is 0.330 e. The fraction of sp³-hybridized carbons (Fsp3) is 0.250. The molecule has 0 aliphatic rings. The van der Waals surface area contributed by atoms with Crippen LogP contribution in [0.15, 0.2) is 40.6 Å². The molecule has 2 N–H and O–H groups in total. The molecule has 0 atom stereocenters. The lowest BCUT2D eigenvalue weighted by molar-refractivity contribution is 0.790. The molecule has 0 bridgehead atoms. The lowest BCUT2D eigenvalue weighted by Crippen LogP contribution is -2.03. The molecule has 0 aliphatic heterocycles. The highest BCUT2D eigenvalue weighted by Crippen LogP contribution is 2.29. The lowest BCUT2D eigenvalue weighted by Gasteiger charge is -2.06. The summed E-state index contributed by atoms with van der Waals surface area (Å²) in [6.07, 6.45) is 4.52. The lowest BCUT2D eigenvalue weighted by atomic mass is 10.1. The Morgan fingerprint density at radius 3 is 2.88 bits per heavy atom. The van der Waals surface area contributed by atoms with Gasteiger partial charge in [-0.2, -0.15) is 0 Å². The molecule has 1 aromatic heterocycles. The second-order valence-electron chi connectivity index (χ2n) is 3.71. The summed E-state index contributed by atoms with van der Waals surface area (Å²) in [6, 6.07) is 6.04. The van der Waals surface area contributed by atoms with Gasteiger partial charge in [-0.05, 0) is 30.7 Å². The molecule has 2 aromatic rings. The van der Waals surface area contributed by atoms with Gasteiger partial charge in [-0.3, -0.25) is 0 Å². The van der Waals surface area contributed by atoms with Crippen LogP contribution in [0.5, 0.6) is 0 Å². The van der Waals surface area contributed by atoms with Crippen molar-refractivity contribution < 1.29 is 0 Å². The molecule has 17 heavy (non-hydrogen) atoms. The van der Waals surface area contributed by atoms with Crippen LogP contribution in [0.2, 0.25) is 5.02 Å². The van der Waals surface area contributed by atoms with Gasteiger partial charge in [0.25, 0.3) is 0 Å². The third-order valence-corrected chi connectivity index (χ3v) is 3.84. The molecule has 0 unspecified atom stereocenters. The van der Waals surface area contributed by atoms with Crippen molar-refractivity contribution in [3.63, 3.8) is 0 Å². The minimum absolute atomic E-state index is 0.617. The summed E-state index contributed by atoms with van der Waals surface area (Å²) in [5, 5.41) is 1.72. The highest BCUT2D eigenvalue weighted by molar-refractivity contribution is 7.99. The molecule has 90 valence electrons. The molecule has 5 heteroatoms. The zero-order valence-corrected chi connectivity index (χ0v) is 11.1. The van der Waals surface area contributed by atoms with Gasteiger partial charge in [0, 0.05) is 29.4 Å². The predicted octanol–water partition coefficient (Wildman–Crippen LogP) is 2.73. The molecule has 1 heterocycles. The van der Waals surface area contributed by atoms with Gasteiger partial charge < -0.3 is 10.3 Å². The summed E-state index contributed by atoms with van der Waals surface area (Å²) in [6.45, 7) is 0.617. The van der Waals surface area contributed by atoms with Crippen molar-refractivity contribution in [2.24, 2.45) is 12.8 Å². The molecular weight excluding hydrogens is 254 g/mol. The van der Waals surface area contributed by atoms with Crippen molar-refractivity contribution in [2.75, 3.05) is 6.54 Å². The van der Waals surface area contributed by atoms with Crippen molar-refractivity contribution in [3.8, 4) is 0 Å². The molecule has 0 radical (unpaired) electrons.